The minimum absolute atomic E-state index is 0. The van der Waals surface area contributed by atoms with Gasteiger partial charge in [-0.1, -0.05) is 96.4 Å². The zero-order chi connectivity index (χ0) is 54.1. The molecule has 4 aliphatic heterocycles. The molecule has 2 aromatic rings. The van der Waals surface area contributed by atoms with Crippen LogP contribution in [0.2, 0.25) is 0 Å². The maximum Gasteiger partial charge on any atom is 0.315 e. The van der Waals surface area contributed by atoms with Crippen LogP contribution in [-0.2, 0) is 113 Å². The molecule has 0 aliphatic carbocycles. The number of unbranched alkanes of at least 4 members (excludes halogenated alkanes) is 9. The normalized spacial score (nSPS) is 20.1. The number of nitrogens with one attached hydrogen (secondary N) is 10. The Morgan fingerprint density at radius 3 is 1.63 bits per heavy atom. The van der Waals surface area contributed by atoms with Gasteiger partial charge in [0.1, 0.15) is 0 Å². The van der Waals surface area contributed by atoms with Crippen molar-refractivity contribution in [1.29, 1.82) is 0 Å². The Balaban J connectivity index is -0.00000120. The molecule has 6 rings (SSSR count). The van der Waals surface area contributed by atoms with Crippen molar-refractivity contribution >= 4 is 103 Å². The molecule has 8 atom stereocenters. The van der Waals surface area contributed by atoms with Crippen molar-refractivity contribution < 1.29 is 89.4 Å². The van der Waals surface area contributed by atoms with E-state index in [1.165, 1.54) is 65.2 Å². The van der Waals surface area contributed by atoms with E-state index in [0.717, 1.165) is 43.6 Å². The molecule has 4 fully saturated rings. The van der Waals surface area contributed by atoms with Gasteiger partial charge in [-0.3, -0.25) is 33.6 Å². The molecule has 4 heterocycles. The SMILES string of the molecule is CC.CCCCCCCCCCCC(NC(=O)CCCCC1SCC2NC(=O)NC21)SCC(NC(C)(C)C)C(=O)NC.CNC(C)=O.Cc1c([NH-])c(=O)c1=O.[NH-]c1c(CC2SCC3NC(=O)NC32)c(=O)c1=O.[SH-].[SH-].[Y].[Y]. The van der Waals surface area contributed by atoms with Gasteiger partial charge >= 0.3 is 12.1 Å². The van der Waals surface area contributed by atoms with Crippen molar-refractivity contribution in [1.82, 2.24) is 42.5 Å². The van der Waals surface area contributed by atoms with Crippen LogP contribution in [0.1, 0.15) is 149 Å². The van der Waals surface area contributed by atoms with E-state index in [0.29, 0.717) is 29.4 Å². The van der Waals surface area contributed by atoms with Crippen LogP contribution in [0.5, 0.6) is 0 Å². The standard InChI is InChI=1S/C30H57N5O3S2.C10H11N3O3S.C5H5NO2.C3H7NO.C2H6.2H2S.2Y/c1-6-7-8-9-10-11-12-13-14-19-26(40-21-23(28(37)31-5)35-30(2,3)4)33-25(36)18-16-15-17-24-27-22(20-39-24)32-29(38)34-27;11-6-3(8(14)9(6)15)1-5-7-4(2-17-5)12-10(16)13-7;1-2-3(6)5(8)4(2)7;1-3(5)4-2;1-2;;;;/h22-24,26-27,35H,6-21H2,1-5H3,(H,31,37)(H,33,36)(H2,32,34,38);4-5,7H,1-2H2,(H4,11,12,13,14,16);1H3,(H2,6,7);1-2H3,(H,4,5);1-2H3;2*1H2;;/p-4. The molecule has 2 radical (unpaired) electrons. The molecule has 26 heteroatoms. The second-order valence-electron chi connectivity index (χ2n) is 19.2. The van der Waals surface area contributed by atoms with Gasteiger partial charge < -0.3 is 81.0 Å². The van der Waals surface area contributed by atoms with Crippen LogP contribution in [-0.4, -0.2) is 113 Å². The third kappa shape index (κ3) is 27.4. The van der Waals surface area contributed by atoms with Crippen molar-refractivity contribution in [3.8, 4) is 0 Å². The first-order valence-electron chi connectivity index (χ1n) is 25.6. The van der Waals surface area contributed by atoms with E-state index in [9.17, 15) is 43.2 Å². The molecule has 8 unspecified atom stereocenters. The Bertz CT molecular complexity index is 2160. The largest absolute Gasteiger partial charge is 0.813 e. The molecule has 0 bridgehead atoms. The van der Waals surface area contributed by atoms with Gasteiger partial charge in [0.2, 0.25) is 39.4 Å². The van der Waals surface area contributed by atoms with Crippen molar-refractivity contribution in [2.45, 2.75) is 203 Å². The molecule has 0 aromatic heterocycles. The summed E-state index contributed by atoms with van der Waals surface area (Å²) in [7, 11) is 3.27. The van der Waals surface area contributed by atoms with Gasteiger partial charge in [-0.05, 0) is 64.5 Å². The average Bonchev–Trinajstić information content (AvgIpc) is 4.13. The molecule has 0 saturated carbocycles. The van der Waals surface area contributed by atoms with E-state index in [2.05, 4.69) is 70.2 Å². The van der Waals surface area contributed by atoms with E-state index in [4.69, 9.17) is 11.5 Å². The van der Waals surface area contributed by atoms with Crippen molar-refractivity contribution in [2.75, 3.05) is 31.4 Å². The fourth-order valence-electron chi connectivity index (χ4n) is 8.36. The molecule has 2 aromatic carbocycles. The Kier molecular flexibility index (Phi) is 43.2. The van der Waals surface area contributed by atoms with Gasteiger partial charge in [0.15, 0.2) is 0 Å². The summed E-state index contributed by atoms with van der Waals surface area (Å²) in [6.07, 6.45) is 16.2. The van der Waals surface area contributed by atoms with Crippen LogP contribution in [0.4, 0.5) is 21.0 Å². The van der Waals surface area contributed by atoms with E-state index in [-0.39, 0.29) is 186 Å². The topological polar surface area (TPSA) is 297 Å². The van der Waals surface area contributed by atoms with Gasteiger partial charge in [-0.2, -0.15) is 23.5 Å². The predicted molar refractivity (Wildman–Crippen MR) is 314 cm³/mol. The molecule has 0 spiro atoms. The number of thioether (sulfide) groups is 3. The maximum atomic E-state index is 12.9. The van der Waals surface area contributed by atoms with E-state index in [1.54, 1.807) is 37.6 Å². The number of carbonyl (C=O) groups excluding carboxylic acids is 5. The summed E-state index contributed by atoms with van der Waals surface area (Å²) in [6.45, 7) is 15.4. The summed E-state index contributed by atoms with van der Waals surface area (Å²) >= 11 is 5.27. The van der Waals surface area contributed by atoms with Crippen molar-refractivity contribution in [3.63, 3.8) is 0 Å². The zero-order valence-corrected chi connectivity index (χ0v) is 56.2. The van der Waals surface area contributed by atoms with Crippen LogP contribution in [0.15, 0.2) is 19.2 Å². The van der Waals surface area contributed by atoms with Gasteiger partial charge in [-0.15, -0.1) is 11.8 Å². The van der Waals surface area contributed by atoms with Crippen LogP contribution >= 0.6 is 35.3 Å². The summed E-state index contributed by atoms with van der Waals surface area (Å²) in [6, 6.07) is 0.0210. The number of thiol groups is 2. The maximum absolute atomic E-state index is 12.9. The van der Waals surface area contributed by atoms with Gasteiger partial charge in [-0.25, -0.2) is 9.59 Å². The number of urea groups is 2. The molecule has 7 amide bonds. The molecule has 4 aliphatic rings. The Labute approximate surface area is 528 Å². The first kappa shape index (κ1) is 78.9. The number of likely N-dealkylation sites (N-methyl/N-ethyl adjacent to an activating group) is 1. The fourth-order valence-corrected chi connectivity index (χ4v) is 12.6. The first-order valence-corrected chi connectivity index (χ1v) is 28.8. The molecule has 19 nitrogen and oxygen atoms in total. The van der Waals surface area contributed by atoms with Gasteiger partial charge in [0.25, 0.3) is 0 Å². The van der Waals surface area contributed by atoms with Gasteiger partial charge in [0.05, 0.1) is 35.6 Å². The Morgan fingerprint density at radius 1 is 0.697 bits per heavy atom. The molecule has 10 N–H and O–H groups in total. The quantitative estimate of drug-likeness (QED) is 0.0170. The van der Waals surface area contributed by atoms with Crippen LogP contribution in [0, 0.1) is 6.92 Å². The zero-order valence-electron chi connectivity index (χ0n) is 46.3. The third-order valence-corrected chi connectivity index (χ3v) is 16.7. The van der Waals surface area contributed by atoms with E-state index < -0.39 is 21.7 Å². The summed E-state index contributed by atoms with van der Waals surface area (Å²) in [5, 5.41) is 24.0. The second kappa shape index (κ2) is 41.6. The first-order chi connectivity index (χ1) is 34.1. The minimum atomic E-state index is -0.687. The van der Waals surface area contributed by atoms with Crippen LogP contribution in [0.3, 0.4) is 0 Å². The number of amides is 7. The Hall–Kier alpha value is -1.37. The smallest absolute Gasteiger partial charge is 0.315 e. The van der Waals surface area contributed by atoms with Crippen molar-refractivity contribution in [2.24, 2.45) is 0 Å². The molecular formula is C50H86N10O9S5Y2-4. The number of hydrogen-bond acceptors (Lipinski definition) is 15. The number of hydrogen-bond donors (Lipinski definition) is 8. The number of carbonyl (C=O) groups is 5. The summed E-state index contributed by atoms with van der Waals surface area (Å²) in [4.78, 5) is 101. The van der Waals surface area contributed by atoms with Crippen LogP contribution in [0.25, 0.3) is 11.5 Å². The third-order valence-electron chi connectivity index (χ3n) is 12.5. The molecule has 430 valence electrons. The average molecular weight is 1310 g/mol. The Morgan fingerprint density at radius 2 is 1.18 bits per heavy atom. The monoisotopic (exact) mass is 1310 g/mol. The summed E-state index contributed by atoms with van der Waals surface area (Å²) < 4.78 is 0. The molecule has 4 saturated heterocycles. The molecule has 76 heavy (non-hydrogen) atoms. The van der Waals surface area contributed by atoms with Crippen LogP contribution < -0.4 is 64.2 Å². The fraction of sp³-hybridized carbons (Fsp3) is 0.740. The second-order valence-corrected chi connectivity index (χ2v) is 23.0. The van der Waals surface area contributed by atoms with Gasteiger partial charge in [0, 0.05) is 126 Å². The van der Waals surface area contributed by atoms with Crippen molar-refractivity contribution in [3.05, 3.63) is 63.5 Å². The summed E-state index contributed by atoms with van der Waals surface area (Å²) in [5.41, 5.74) is 11.9. The minimum Gasteiger partial charge on any atom is -0.813 e. The number of fused-ring (bicyclic) bond motifs is 2. The van der Waals surface area contributed by atoms with E-state index in [1.807, 2.05) is 25.6 Å². The summed E-state index contributed by atoms with van der Waals surface area (Å²) in [5.74, 6) is 2.47. The predicted octanol–water partition coefficient (Wildman–Crippen LogP) is 5.49. The molecular weight excluding hydrogens is 1220 g/mol. The van der Waals surface area contributed by atoms with E-state index >= 15 is 0 Å². The number of rotatable bonds is 23.